The average Bonchev–Trinajstić information content (AvgIpc) is 4.15. The van der Waals surface area contributed by atoms with E-state index >= 15 is 0 Å². The highest BCUT2D eigenvalue weighted by atomic mass is 32.2. The molecule has 2 saturated carbocycles. The van der Waals surface area contributed by atoms with Crippen molar-refractivity contribution in [2.24, 2.45) is 0 Å². The molecule has 23 heteroatoms. The summed E-state index contributed by atoms with van der Waals surface area (Å²) >= 11 is 8.64. The van der Waals surface area contributed by atoms with Gasteiger partial charge in [0.1, 0.15) is 23.5 Å². The van der Waals surface area contributed by atoms with Crippen LogP contribution in [0.15, 0.2) is 95.8 Å². The van der Waals surface area contributed by atoms with Crippen LogP contribution in [-0.2, 0) is 0 Å². The predicted molar refractivity (Wildman–Crippen MR) is 284 cm³/mol. The summed E-state index contributed by atoms with van der Waals surface area (Å²) in [4.78, 5) is 32.2. The Labute approximate surface area is 426 Å². The van der Waals surface area contributed by atoms with E-state index in [9.17, 15) is 0 Å². The Kier molecular flexibility index (Phi) is 22.1. The third-order valence-electron chi connectivity index (χ3n) is 12.3. The standard InChI is InChI=1S/C23H23N5OS2.C14H12N2S3.C10H15N3O.6H2O/c1-30-17-6-4-14(5-7-17)18-12-31-20-19(18)24-13-25-22(20)28-10-8-16(9-11-28)23-26-21(27-29-23)15-2-3-15;1-17-10-5-3-9(4-6-10)11-7-19-13-12(11)15-8-16-14(13)18-2;1-2-7(1)9-12-10(14-13-9)8-3-5-11-6-4-8;;;;;;/h4-7,12-13,15-16H,2-3,8-11H2,1H3;3-8H,1-2H3;7-8,11H,1-6H2;6*1H2. The molecule has 18 nitrogen and oxygen atoms in total. The van der Waals surface area contributed by atoms with Gasteiger partial charge < -0.3 is 52.1 Å². The quantitative estimate of drug-likeness (QED) is 0.106. The smallest absolute Gasteiger partial charge is 0.229 e. The zero-order chi connectivity index (χ0) is 43.4. The number of anilines is 1. The number of thiophene rings is 2. The number of fused-ring (bicyclic) bond motifs is 2. The normalized spacial score (nSPS) is 15.6. The van der Waals surface area contributed by atoms with E-state index in [1.807, 2.05) is 0 Å². The lowest BCUT2D eigenvalue weighted by Gasteiger charge is -2.31. The van der Waals surface area contributed by atoms with E-state index in [1.54, 1.807) is 70.6 Å². The van der Waals surface area contributed by atoms with E-state index in [1.165, 1.54) is 67.1 Å². The summed E-state index contributed by atoms with van der Waals surface area (Å²) < 4.78 is 13.2. The van der Waals surface area contributed by atoms with Crippen LogP contribution in [-0.4, -0.2) is 118 Å². The minimum Gasteiger partial charge on any atom is -0.412 e. The number of nitrogens with zero attached hydrogens (tertiary/aromatic N) is 9. The monoisotopic (exact) mass is 1050 g/mol. The first kappa shape index (κ1) is 57.9. The molecule has 2 aliphatic carbocycles. The molecular formula is C47H62N10O8S5. The molecular weight excluding hydrogens is 993 g/mol. The van der Waals surface area contributed by atoms with E-state index in [0.29, 0.717) is 23.7 Å². The van der Waals surface area contributed by atoms with Gasteiger partial charge in [0.25, 0.3) is 0 Å². The fraction of sp³-hybridized carbons (Fsp3) is 0.404. The number of benzene rings is 2. The minimum atomic E-state index is 0. The van der Waals surface area contributed by atoms with Crippen LogP contribution in [0.2, 0.25) is 0 Å². The first-order chi connectivity index (χ1) is 31.6. The highest BCUT2D eigenvalue weighted by Gasteiger charge is 2.33. The summed E-state index contributed by atoms with van der Waals surface area (Å²) in [5, 5.41) is 17.0. The fourth-order valence-corrected chi connectivity index (χ4v) is 11.8. The Hall–Kier alpha value is -4.63. The van der Waals surface area contributed by atoms with Crippen LogP contribution < -0.4 is 10.2 Å². The molecule has 2 saturated heterocycles. The molecule has 378 valence electrons. The second-order valence-electron chi connectivity index (χ2n) is 16.5. The molecule has 0 spiro atoms. The largest absolute Gasteiger partial charge is 0.412 e. The van der Waals surface area contributed by atoms with E-state index in [-0.39, 0.29) is 32.9 Å². The molecule has 13 N–H and O–H groups in total. The lowest BCUT2D eigenvalue weighted by molar-refractivity contribution is 0.318. The van der Waals surface area contributed by atoms with Crippen molar-refractivity contribution >= 4 is 84.2 Å². The number of hydrogen-bond acceptors (Lipinski definition) is 17. The SMILES string of the molecule is C1CC(c2nc(C3CC3)no2)CCN1.CSc1ccc(-c2csc3c(N4CCC(c5nc(C6CC6)no5)CC4)ncnc23)cc1.CSc1ccc(-c2csc3c(SC)ncnc23)cc1.O.O.O.O.O.O. The van der Waals surface area contributed by atoms with Crippen LogP contribution >= 0.6 is 58.0 Å². The zero-order valence-electron chi connectivity index (χ0n) is 39.1. The van der Waals surface area contributed by atoms with Crippen molar-refractivity contribution < 1.29 is 41.9 Å². The summed E-state index contributed by atoms with van der Waals surface area (Å²) in [5.41, 5.74) is 6.90. The van der Waals surface area contributed by atoms with E-state index in [2.05, 4.69) is 128 Å². The molecule has 4 aliphatic rings. The lowest BCUT2D eigenvalue weighted by atomic mass is 9.96. The summed E-state index contributed by atoms with van der Waals surface area (Å²) in [7, 11) is 0. The molecule has 0 amide bonds. The Morgan fingerprint density at radius 1 is 0.529 bits per heavy atom. The van der Waals surface area contributed by atoms with Crippen LogP contribution in [0.3, 0.4) is 0 Å². The Morgan fingerprint density at radius 3 is 1.46 bits per heavy atom. The molecule has 8 aromatic rings. The van der Waals surface area contributed by atoms with Gasteiger partial charge in [-0.25, -0.2) is 19.9 Å². The van der Waals surface area contributed by atoms with Gasteiger partial charge in [0.15, 0.2) is 11.6 Å². The summed E-state index contributed by atoms with van der Waals surface area (Å²) in [5.74, 6) is 6.58. The fourth-order valence-electron chi connectivity index (χ4n) is 8.24. The molecule has 70 heavy (non-hydrogen) atoms. The molecule has 2 aliphatic heterocycles. The van der Waals surface area contributed by atoms with Gasteiger partial charge in [0, 0.05) is 68.4 Å². The van der Waals surface area contributed by atoms with Gasteiger partial charge in [-0.1, -0.05) is 34.6 Å². The minimum absolute atomic E-state index is 0. The molecule has 12 rings (SSSR count). The molecule has 0 bridgehead atoms. The van der Waals surface area contributed by atoms with Gasteiger partial charge in [0.2, 0.25) is 11.8 Å². The van der Waals surface area contributed by atoms with Crippen molar-refractivity contribution in [1.29, 1.82) is 0 Å². The van der Waals surface area contributed by atoms with Gasteiger partial charge in [-0.05, 0) is 119 Å². The zero-order valence-corrected chi connectivity index (χ0v) is 43.2. The van der Waals surface area contributed by atoms with Gasteiger partial charge in [-0.2, -0.15) is 9.97 Å². The predicted octanol–water partition coefficient (Wildman–Crippen LogP) is 6.99. The van der Waals surface area contributed by atoms with Crippen molar-refractivity contribution in [1.82, 2.24) is 45.5 Å². The van der Waals surface area contributed by atoms with Crippen LogP contribution in [0, 0.1) is 0 Å². The molecule has 8 heterocycles. The molecule has 0 radical (unpaired) electrons. The first-order valence-corrected chi connectivity index (χ1v) is 27.4. The second kappa shape index (κ2) is 26.7. The van der Waals surface area contributed by atoms with Crippen molar-refractivity contribution in [3.8, 4) is 22.3 Å². The molecule has 2 aromatic carbocycles. The number of nitrogens with one attached hydrogen (secondary N) is 1. The Balaban J connectivity index is 0.000000237. The van der Waals surface area contributed by atoms with E-state index < -0.39 is 0 Å². The molecule has 4 fully saturated rings. The van der Waals surface area contributed by atoms with Crippen LogP contribution in [0.25, 0.3) is 42.7 Å². The lowest BCUT2D eigenvalue weighted by Crippen LogP contribution is -2.33. The van der Waals surface area contributed by atoms with Crippen molar-refractivity contribution in [3.05, 3.63) is 95.4 Å². The van der Waals surface area contributed by atoms with Crippen LogP contribution in [0.1, 0.15) is 98.5 Å². The number of thioether (sulfide) groups is 3. The van der Waals surface area contributed by atoms with Crippen molar-refractivity contribution in [2.45, 2.75) is 89.9 Å². The topological polar surface area (TPSA) is 334 Å². The third kappa shape index (κ3) is 13.1. The van der Waals surface area contributed by atoms with Crippen molar-refractivity contribution in [3.63, 3.8) is 0 Å². The van der Waals surface area contributed by atoms with E-state index in [4.69, 9.17) is 9.05 Å². The van der Waals surface area contributed by atoms with Crippen LogP contribution in [0.4, 0.5) is 5.82 Å². The molecule has 0 atom stereocenters. The number of rotatable bonds is 10. The number of aromatic nitrogens is 8. The van der Waals surface area contributed by atoms with E-state index in [0.717, 1.165) is 97.2 Å². The first-order valence-electron chi connectivity index (χ1n) is 22.0. The second-order valence-corrected chi connectivity index (χ2v) is 20.8. The summed E-state index contributed by atoms with van der Waals surface area (Å²) in [6.07, 6.45) is 18.8. The molecule has 0 unspecified atom stereocenters. The Morgan fingerprint density at radius 2 is 0.986 bits per heavy atom. The van der Waals surface area contributed by atoms with Gasteiger partial charge >= 0.3 is 0 Å². The Bertz CT molecular complexity index is 2810. The van der Waals surface area contributed by atoms with Gasteiger partial charge in [-0.15, -0.1) is 58.0 Å². The number of piperidine rings is 2. The highest BCUT2D eigenvalue weighted by molar-refractivity contribution is 7.99. The highest BCUT2D eigenvalue weighted by Crippen LogP contribution is 2.42. The maximum absolute atomic E-state index is 5.58. The van der Waals surface area contributed by atoms with Gasteiger partial charge in [0.05, 0.1) is 20.4 Å². The maximum atomic E-state index is 5.58. The van der Waals surface area contributed by atoms with Gasteiger partial charge in [-0.3, -0.25) is 0 Å². The third-order valence-corrected chi connectivity index (χ3v) is 16.5. The molecule has 6 aromatic heterocycles. The summed E-state index contributed by atoms with van der Waals surface area (Å²) in [6, 6.07) is 17.3. The number of hydrogen-bond donors (Lipinski definition) is 1. The van der Waals surface area contributed by atoms with Crippen LogP contribution in [0.5, 0.6) is 0 Å². The average molecular weight is 1060 g/mol. The maximum Gasteiger partial charge on any atom is 0.229 e. The summed E-state index contributed by atoms with van der Waals surface area (Å²) in [6.45, 7) is 4.03. The van der Waals surface area contributed by atoms with Crippen molar-refractivity contribution in [2.75, 3.05) is 49.8 Å².